The lowest BCUT2D eigenvalue weighted by Crippen LogP contribution is -2.42. The van der Waals surface area contributed by atoms with Crippen LogP contribution in [0.4, 0.5) is 0 Å². The number of aromatic nitrogens is 4. The first-order valence-electron chi connectivity index (χ1n) is 8.29. The maximum Gasteiger partial charge on any atom is 0.222 e. The molecule has 1 saturated heterocycles. The first kappa shape index (κ1) is 16.3. The van der Waals surface area contributed by atoms with Crippen LogP contribution in [-0.2, 0) is 11.3 Å². The predicted molar refractivity (Wildman–Crippen MR) is 87.1 cm³/mol. The van der Waals surface area contributed by atoms with Crippen LogP contribution in [0.2, 0.25) is 0 Å². The zero-order valence-corrected chi connectivity index (χ0v) is 13.5. The van der Waals surface area contributed by atoms with E-state index >= 15 is 0 Å². The van der Waals surface area contributed by atoms with Crippen LogP contribution in [0, 0.1) is 5.92 Å². The normalized spacial score (nSPS) is 17.7. The molecule has 2 aromatic rings. The molecule has 1 aliphatic heterocycles. The molecule has 7 nitrogen and oxygen atoms in total. The molecule has 0 aliphatic carbocycles. The summed E-state index contributed by atoms with van der Waals surface area (Å²) in [4.78, 5) is 34.7. The SMILES string of the molecule is O=C(c1ccccn1)[C@@H]1CCCN(C(=O)CCCn2cncn2)C1. The third kappa shape index (κ3) is 4.04. The Labute approximate surface area is 140 Å². The van der Waals surface area contributed by atoms with Gasteiger partial charge in [0, 0.05) is 38.2 Å². The molecule has 24 heavy (non-hydrogen) atoms. The number of hydrogen-bond donors (Lipinski definition) is 0. The van der Waals surface area contributed by atoms with E-state index in [9.17, 15) is 9.59 Å². The highest BCUT2D eigenvalue weighted by Crippen LogP contribution is 2.21. The number of nitrogens with zero attached hydrogens (tertiary/aromatic N) is 5. The van der Waals surface area contributed by atoms with Gasteiger partial charge in [0.25, 0.3) is 0 Å². The van der Waals surface area contributed by atoms with Crippen molar-refractivity contribution in [3.05, 3.63) is 42.7 Å². The first-order valence-corrected chi connectivity index (χ1v) is 8.29. The van der Waals surface area contributed by atoms with E-state index in [4.69, 9.17) is 0 Å². The molecule has 1 amide bonds. The summed E-state index contributed by atoms with van der Waals surface area (Å²) in [6.45, 7) is 1.90. The van der Waals surface area contributed by atoms with E-state index < -0.39 is 0 Å². The molecular weight excluding hydrogens is 306 g/mol. The van der Waals surface area contributed by atoms with Gasteiger partial charge in [-0.1, -0.05) is 6.07 Å². The highest BCUT2D eigenvalue weighted by molar-refractivity contribution is 5.96. The fourth-order valence-corrected chi connectivity index (χ4v) is 3.03. The van der Waals surface area contributed by atoms with Gasteiger partial charge in [0.2, 0.25) is 5.91 Å². The third-order valence-corrected chi connectivity index (χ3v) is 4.31. The Kier molecular flexibility index (Phi) is 5.30. The molecule has 3 rings (SSSR count). The van der Waals surface area contributed by atoms with Gasteiger partial charge in [-0.05, 0) is 31.4 Å². The largest absolute Gasteiger partial charge is 0.342 e. The summed E-state index contributed by atoms with van der Waals surface area (Å²) < 4.78 is 1.72. The number of hydrogen-bond acceptors (Lipinski definition) is 5. The molecular formula is C17H21N5O2. The Hall–Kier alpha value is -2.57. The van der Waals surface area contributed by atoms with Gasteiger partial charge in [-0.3, -0.25) is 19.3 Å². The Balaban J connectivity index is 1.51. The van der Waals surface area contributed by atoms with Crippen molar-refractivity contribution in [3.8, 4) is 0 Å². The monoisotopic (exact) mass is 327 g/mol. The quantitative estimate of drug-likeness (QED) is 0.752. The maximum atomic E-state index is 12.5. The van der Waals surface area contributed by atoms with E-state index in [0.29, 0.717) is 25.2 Å². The lowest BCUT2D eigenvalue weighted by atomic mass is 9.91. The van der Waals surface area contributed by atoms with E-state index in [-0.39, 0.29) is 17.6 Å². The van der Waals surface area contributed by atoms with Crippen LogP contribution >= 0.6 is 0 Å². The standard InChI is InChI=1S/C17H21N5O2/c23-16(7-4-10-22-13-18-12-20-22)21-9-3-5-14(11-21)17(24)15-6-1-2-8-19-15/h1-2,6,8,12-14H,3-5,7,9-11H2/t14-/m1/s1. The Morgan fingerprint density at radius 2 is 2.21 bits per heavy atom. The van der Waals surface area contributed by atoms with Gasteiger partial charge in [0.1, 0.15) is 18.3 Å². The smallest absolute Gasteiger partial charge is 0.222 e. The van der Waals surface area contributed by atoms with Crippen LogP contribution in [0.15, 0.2) is 37.1 Å². The molecule has 1 atom stereocenters. The van der Waals surface area contributed by atoms with Crippen LogP contribution in [-0.4, -0.2) is 49.4 Å². The number of amides is 1. The number of aryl methyl sites for hydroxylation is 1. The van der Waals surface area contributed by atoms with Crippen LogP contribution in [0.3, 0.4) is 0 Å². The van der Waals surface area contributed by atoms with Gasteiger partial charge in [-0.25, -0.2) is 4.98 Å². The van der Waals surface area contributed by atoms with Gasteiger partial charge < -0.3 is 4.90 Å². The molecule has 0 spiro atoms. The fourth-order valence-electron chi connectivity index (χ4n) is 3.03. The lowest BCUT2D eigenvalue weighted by molar-refractivity contribution is -0.132. The zero-order valence-electron chi connectivity index (χ0n) is 13.5. The summed E-state index contributed by atoms with van der Waals surface area (Å²) in [6, 6.07) is 5.35. The van der Waals surface area contributed by atoms with E-state index in [1.54, 1.807) is 29.3 Å². The van der Waals surface area contributed by atoms with Crippen molar-refractivity contribution in [2.75, 3.05) is 13.1 Å². The number of pyridine rings is 1. The minimum Gasteiger partial charge on any atom is -0.342 e. The second-order valence-electron chi connectivity index (χ2n) is 6.02. The first-order chi connectivity index (χ1) is 11.7. The third-order valence-electron chi connectivity index (χ3n) is 4.31. The van der Waals surface area contributed by atoms with Crippen molar-refractivity contribution in [3.63, 3.8) is 0 Å². The van der Waals surface area contributed by atoms with E-state index in [1.807, 2.05) is 11.0 Å². The summed E-state index contributed by atoms with van der Waals surface area (Å²) in [5.41, 5.74) is 0.489. The number of Topliss-reactive ketones (excluding diaryl/α,β-unsaturated/α-hetero) is 1. The van der Waals surface area contributed by atoms with Crippen molar-refractivity contribution >= 4 is 11.7 Å². The van der Waals surface area contributed by atoms with Crippen LogP contribution in [0.5, 0.6) is 0 Å². The van der Waals surface area contributed by atoms with Crippen LogP contribution in [0.25, 0.3) is 0 Å². The topological polar surface area (TPSA) is 81.0 Å². The minimum atomic E-state index is -0.145. The molecule has 0 bridgehead atoms. The van der Waals surface area contributed by atoms with Crippen molar-refractivity contribution in [2.45, 2.75) is 32.2 Å². The summed E-state index contributed by atoms with van der Waals surface area (Å²) in [6.07, 6.45) is 7.62. The summed E-state index contributed by atoms with van der Waals surface area (Å²) in [5, 5.41) is 4.02. The Morgan fingerprint density at radius 1 is 1.29 bits per heavy atom. The van der Waals surface area contributed by atoms with Crippen LogP contribution < -0.4 is 0 Å². The average Bonchev–Trinajstić information content (AvgIpc) is 3.15. The number of carbonyl (C=O) groups excluding carboxylic acids is 2. The molecule has 126 valence electrons. The lowest BCUT2D eigenvalue weighted by Gasteiger charge is -2.32. The van der Waals surface area contributed by atoms with E-state index in [2.05, 4.69) is 15.1 Å². The maximum absolute atomic E-state index is 12.5. The minimum absolute atomic E-state index is 0.0377. The second-order valence-corrected chi connectivity index (χ2v) is 6.02. The number of carbonyl (C=O) groups is 2. The number of ketones is 1. The van der Waals surface area contributed by atoms with E-state index in [1.165, 1.54) is 6.33 Å². The Morgan fingerprint density at radius 3 is 2.96 bits per heavy atom. The van der Waals surface area contributed by atoms with Crippen molar-refractivity contribution in [1.29, 1.82) is 0 Å². The van der Waals surface area contributed by atoms with Gasteiger partial charge in [0.05, 0.1) is 0 Å². The van der Waals surface area contributed by atoms with Gasteiger partial charge in [0.15, 0.2) is 5.78 Å². The highest BCUT2D eigenvalue weighted by atomic mass is 16.2. The van der Waals surface area contributed by atoms with Crippen molar-refractivity contribution in [2.24, 2.45) is 5.92 Å². The molecule has 0 radical (unpaired) electrons. The second kappa shape index (κ2) is 7.81. The zero-order chi connectivity index (χ0) is 16.8. The van der Waals surface area contributed by atoms with Gasteiger partial charge in [-0.2, -0.15) is 5.10 Å². The number of piperidine rings is 1. The molecule has 0 saturated carbocycles. The van der Waals surface area contributed by atoms with Crippen LogP contribution in [0.1, 0.15) is 36.2 Å². The highest BCUT2D eigenvalue weighted by Gasteiger charge is 2.29. The molecule has 1 aliphatic rings. The van der Waals surface area contributed by atoms with Crippen molar-refractivity contribution in [1.82, 2.24) is 24.6 Å². The molecule has 0 unspecified atom stereocenters. The van der Waals surface area contributed by atoms with Crippen molar-refractivity contribution < 1.29 is 9.59 Å². The number of likely N-dealkylation sites (tertiary alicyclic amines) is 1. The fraction of sp³-hybridized carbons (Fsp3) is 0.471. The molecule has 0 aromatic carbocycles. The Bertz CT molecular complexity index is 672. The van der Waals surface area contributed by atoms with Gasteiger partial charge in [-0.15, -0.1) is 0 Å². The average molecular weight is 327 g/mol. The summed E-state index contributed by atoms with van der Waals surface area (Å²) in [5.74, 6) is -0.00253. The van der Waals surface area contributed by atoms with Gasteiger partial charge >= 0.3 is 0 Å². The molecule has 7 heteroatoms. The predicted octanol–water partition coefficient (Wildman–Crippen LogP) is 1.57. The molecule has 3 heterocycles. The number of rotatable bonds is 6. The molecule has 1 fully saturated rings. The molecule has 0 N–H and O–H groups in total. The summed E-state index contributed by atoms with van der Waals surface area (Å²) >= 11 is 0. The molecule has 2 aromatic heterocycles. The summed E-state index contributed by atoms with van der Waals surface area (Å²) in [7, 11) is 0. The van der Waals surface area contributed by atoms with E-state index in [0.717, 1.165) is 25.8 Å².